The van der Waals surface area contributed by atoms with E-state index in [9.17, 15) is 4.79 Å². The summed E-state index contributed by atoms with van der Waals surface area (Å²) in [6.45, 7) is 3.95. The first-order chi connectivity index (χ1) is 12.0. The Bertz CT molecular complexity index is 712. The van der Waals surface area contributed by atoms with E-state index in [1.807, 2.05) is 38.1 Å². The van der Waals surface area contributed by atoms with Gasteiger partial charge in [-0.05, 0) is 39.9 Å². The number of carbonyl (C=O) groups excluding carboxylic acids is 1. The summed E-state index contributed by atoms with van der Waals surface area (Å²) in [7, 11) is 4.54. The van der Waals surface area contributed by atoms with Crippen LogP contribution in [0.25, 0.3) is 0 Å². The Hall–Kier alpha value is -1.66. The van der Waals surface area contributed by atoms with Crippen molar-refractivity contribution >= 4 is 19.4 Å². The maximum absolute atomic E-state index is 12.8. The molecule has 0 spiro atoms. The smallest absolute Gasteiger partial charge is 1.00 e. The van der Waals surface area contributed by atoms with Crippen LogP contribution in [0.1, 0.15) is 25.6 Å². The van der Waals surface area contributed by atoms with Crippen molar-refractivity contribution in [2.24, 2.45) is 0 Å². The Kier molecular flexibility index (Phi) is 9.02. The van der Waals surface area contributed by atoms with E-state index in [0.717, 1.165) is 11.1 Å². The standard InChI is InChI=1S/C19H23O5P.Li.H/c1-12(2)24-13-6-8-15(9-7-13)25-19(20)18-16(22-4)10-14(21-3)11-17(18)23-5;;/h6-12,25H,1-5H3;;/q;+1;-1. The van der Waals surface area contributed by atoms with Crippen molar-refractivity contribution < 1.29 is 44.0 Å². The SMILES string of the molecule is COc1cc(OC)c(C(=O)Pc2ccc(OC(C)C)cc2)c(OC)c1.[H-].[Li+]. The van der Waals surface area contributed by atoms with Crippen LogP contribution in [0.5, 0.6) is 23.0 Å². The van der Waals surface area contributed by atoms with Crippen LogP contribution in [0.4, 0.5) is 0 Å². The van der Waals surface area contributed by atoms with Crippen molar-refractivity contribution in [3.63, 3.8) is 0 Å². The molecule has 2 rings (SSSR count). The van der Waals surface area contributed by atoms with Crippen LogP contribution in [0.3, 0.4) is 0 Å². The molecule has 0 N–H and O–H groups in total. The predicted octanol–water partition coefficient (Wildman–Crippen LogP) is 0.760. The first-order valence-electron chi connectivity index (χ1n) is 7.86. The normalized spacial score (nSPS) is 10.5. The molecule has 0 aliphatic heterocycles. The van der Waals surface area contributed by atoms with Gasteiger partial charge in [0.05, 0.1) is 27.4 Å². The molecule has 0 radical (unpaired) electrons. The van der Waals surface area contributed by atoms with Crippen molar-refractivity contribution in [3.8, 4) is 23.0 Å². The van der Waals surface area contributed by atoms with Gasteiger partial charge < -0.3 is 20.4 Å². The van der Waals surface area contributed by atoms with E-state index in [1.54, 1.807) is 19.2 Å². The summed E-state index contributed by atoms with van der Waals surface area (Å²) in [4.78, 5) is 12.8. The second kappa shape index (κ2) is 10.5. The van der Waals surface area contributed by atoms with E-state index in [0.29, 0.717) is 22.8 Å². The molecule has 0 bridgehead atoms. The topological polar surface area (TPSA) is 54.0 Å². The first kappa shape index (κ1) is 22.4. The molecule has 5 nitrogen and oxygen atoms in total. The fraction of sp³-hybridized carbons (Fsp3) is 0.316. The van der Waals surface area contributed by atoms with Crippen LogP contribution in [0, 0.1) is 0 Å². The number of hydrogen-bond donors (Lipinski definition) is 0. The van der Waals surface area contributed by atoms with Gasteiger partial charge in [0.15, 0.2) is 5.52 Å². The van der Waals surface area contributed by atoms with Gasteiger partial charge in [-0.25, -0.2) is 0 Å². The average Bonchev–Trinajstić information content (AvgIpc) is 2.61. The van der Waals surface area contributed by atoms with Crippen molar-refractivity contribution in [3.05, 3.63) is 42.0 Å². The molecule has 0 saturated carbocycles. The second-order valence-corrected chi connectivity index (χ2v) is 6.83. The van der Waals surface area contributed by atoms with E-state index in [-0.39, 0.29) is 40.5 Å². The van der Waals surface area contributed by atoms with Gasteiger partial charge in [-0.2, -0.15) is 0 Å². The Morgan fingerprint density at radius 3 is 1.88 bits per heavy atom. The van der Waals surface area contributed by atoms with E-state index < -0.39 is 0 Å². The molecule has 136 valence electrons. The Morgan fingerprint density at radius 2 is 1.46 bits per heavy atom. The molecule has 0 aliphatic rings. The van der Waals surface area contributed by atoms with Gasteiger partial charge in [0.25, 0.3) is 0 Å². The Labute approximate surface area is 169 Å². The number of rotatable bonds is 8. The van der Waals surface area contributed by atoms with Crippen LogP contribution in [-0.4, -0.2) is 33.0 Å². The third-order valence-electron chi connectivity index (χ3n) is 3.43. The molecule has 1 unspecified atom stereocenters. The van der Waals surface area contributed by atoms with Crippen LogP contribution in [-0.2, 0) is 0 Å². The van der Waals surface area contributed by atoms with E-state index >= 15 is 0 Å². The molecule has 1 atom stereocenters. The number of hydrogen-bond acceptors (Lipinski definition) is 5. The minimum atomic E-state index is -0.0612. The predicted molar refractivity (Wildman–Crippen MR) is 102 cm³/mol. The van der Waals surface area contributed by atoms with E-state index in [4.69, 9.17) is 18.9 Å². The fourth-order valence-corrected chi connectivity index (χ4v) is 3.28. The Balaban J connectivity index is 0.00000338. The summed E-state index contributed by atoms with van der Waals surface area (Å²) in [5.74, 6) is 2.24. The van der Waals surface area contributed by atoms with Crippen LogP contribution in [0.15, 0.2) is 36.4 Å². The molecule has 2 aromatic carbocycles. The molecule has 0 amide bonds. The molecule has 2 aromatic rings. The summed E-state index contributed by atoms with van der Waals surface area (Å²) >= 11 is 0. The molecule has 7 heteroatoms. The average molecular weight is 370 g/mol. The number of benzene rings is 2. The van der Waals surface area contributed by atoms with Gasteiger partial charge in [-0.1, -0.05) is 12.1 Å². The molecular weight excluding hydrogens is 346 g/mol. The van der Waals surface area contributed by atoms with Crippen molar-refractivity contribution in [1.29, 1.82) is 0 Å². The van der Waals surface area contributed by atoms with E-state index in [2.05, 4.69) is 0 Å². The van der Waals surface area contributed by atoms with Crippen LogP contribution < -0.4 is 43.1 Å². The number of ether oxygens (including phenoxy) is 4. The third kappa shape index (κ3) is 5.67. The zero-order chi connectivity index (χ0) is 18.4. The zero-order valence-corrected chi connectivity index (χ0v) is 17.1. The summed E-state index contributed by atoms with van der Waals surface area (Å²) in [6, 6.07) is 10.9. The summed E-state index contributed by atoms with van der Waals surface area (Å²) < 4.78 is 21.5. The summed E-state index contributed by atoms with van der Waals surface area (Å²) in [5.41, 5.74) is 0.362. The van der Waals surface area contributed by atoms with Crippen LogP contribution >= 0.6 is 8.58 Å². The Morgan fingerprint density at radius 1 is 0.923 bits per heavy atom. The first-order valence-corrected chi connectivity index (χ1v) is 8.86. The second-order valence-electron chi connectivity index (χ2n) is 5.55. The van der Waals surface area contributed by atoms with Gasteiger partial charge >= 0.3 is 18.9 Å². The zero-order valence-electron chi connectivity index (χ0n) is 17.1. The van der Waals surface area contributed by atoms with Gasteiger partial charge in [-0.3, -0.25) is 4.79 Å². The maximum atomic E-state index is 12.8. The minimum absolute atomic E-state index is 0. The van der Waals surface area contributed by atoms with E-state index in [1.165, 1.54) is 14.2 Å². The maximum Gasteiger partial charge on any atom is 1.00 e. The molecule has 0 aliphatic carbocycles. The largest absolute Gasteiger partial charge is 1.00 e. The summed E-state index contributed by atoms with van der Waals surface area (Å²) in [6.07, 6.45) is 0.114. The quantitative estimate of drug-likeness (QED) is 0.507. The monoisotopic (exact) mass is 370 g/mol. The number of carbonyl (C=O) groups is 1. The van der Waals surface area contributed by atoms with Gasteiger partial charge in [-0.15, -0.1) is 0 Å². The molecule has 26 heavy (non-hydrogen) atoms. The molecule has 0 saturated heterocycles. The summed E-state index contributed by atoms with van der Waals surface area (Å²) in [5, 5.41) is 0.918. The molecule has 0 heterocycles. The van der Waals surface area contributed by atoms with Crippen molar-refractivity contribution in [1.82, 2.24) is 0 Å². The molecule has 0 aromatic heterocycles. The minimum Gasteiger partial charge on any atom is -1.00 e. The molecular formula is C19H24LiO5P. The van der Waals surface area contributed by atoms with Gasteiger partial charge in [0.2, 0.25) is 0 Å². The van der Waals surface area contributed by atoms with Crippen molar-refractivity contribution in [2.45, 2.75) is 20.0 Å². The van der Waals surface area contributed by atoms with Crippen molar-refractivity contribution in [2.75, 3.05) is 21.3 Å². The third-order valence-corrected chi connectivity index (χ3v) is 4.53. The van der Waals surface area contributed by atoms with Crippen LogP contribution in [0.2, 0.25) is 0 Å². The van der Waals surface area contributed by atoms with Gasteiger partial charge in [0.1, 0.15) is 28.6 Å². The fourth-order valence-electron chi connectivity index (χ4n) is 2.31. The van der Waals surface area contributed by atoms with Gasteiger partial charge in [0, 0.05) is 12.1 Å². The molecule has 0 fully saturated rings. The number of methoxy groups -OCH3 is 3.